The van der Waals surface area contributed by atoms with E-state index in [0.717, 1.165) is 11.1 Å². The second kappa shape index (κ2) is 3.30. The third-order valence-corrected chi connectivity index (χ3v) is 2.40. The Bertz CT molecular complexity index is 630. The monoisotopic (exact) mass is 212 g/mol. The number of rotatable bonds is 1. The SMILES string of the molecule is Oc1ccc(-c2ccn3nnnc3c2)cc1. The lowest BCUT2D eigenvalue weighted by molar-refractivity contribution is 0.475. The summed E-state index contributed by atoms with van der Waals surface area (Å²) < 4.78 is 1.60. The number of benzene rings is 1. The van der Waals surface area contributed by atoms with Crippen molar-refractivity contribution in [3.05, 3.63) is 42.6 Å². The fourth-order valence-corrected chi connectivity index (χ4v) is 1.57. The van der Waals surface area contributed by atoms with E-state index in [0.29, 0.717) is 5.65 Å². The summed E-state index contributed by atoms with van der Waals surface area (Å²) in [7, 11) is 0. The highest BCUT2D eigenvalue weighted by Gasteiger charge is 2.01. The Morgan fingerprint density at radius 1 is 1.00 bits per heavy atom. The van der Waals surface area contributed by atoms with Crippen LogP contribution >= 0.6 is 0 Å². The van der Waals surface area contributed by atoms with Crippen LogP contribution in [0.4, 0.5) is 0 Å². The van der Waals surface area contributed by atoms with Crippen molar-refractivity contribution in [2.24, 2.45) is 0 Å². The zero-order chi connectivity index (χ0) is 11.0. The minimum atomic E-state index is 0.258. The number of hydrogen-bond donors (Lipinski definition) is 1. The van der Waals surface area contributed by atoms with Crippen molar-refractivity contribution in [2.75, 3.05) is 0 Å². The number of fused-ring (bicyclic) bond motifs is 1. The van der Waals surface area contributed by atoms with Gasteiger partial charge in [-0.3, -0.25) is 0 Å². The molecular formula is C11H8N4O. The predicted octanol–water partition coefficient (Wildman–Crippen LogP) is 1.50. The summed E-state index contributed by atoms with van der Waals surface area (Å²) in [5, 5.41) is 20.4. The lowest BCUT2D eigenvalue weighted by atomic mass is 10.1. The Balaban J connectivity index is 2.14. The Labute approximate surface area is 91.0 Å². The lowest BCUT2D eigenvalue weighted by Crippen LogP contribution is -1.87. The molecule has 0 amide bonds. The van der Waals surface area contributed by atoms with Crippen LogP contribution in [0.25, 0.3) is 16.8 Å². The van der Waals surface area contributed by atoms with Gasteiger partial charge in [-0.15, -0.1) is 5.10 Å². The van der Waals surface area contributed by atoms with Crippen molar-refractivity contribution in [3.8, 4) is 16.9 Å². The molecule has 1 N–H and O–H groups in total. The predicted molar refractivity (Wildman–Crippen MR) is 57.9 cm³/mol. The molecule has 0 unspecified atom stereocenters. The van der Waals surface area contributed by atoms with E-state index in [4.69, 9.17) is 0 Å². The van der Waals surface area contributed by atoms with Gasteiger partial charge in [0.2, 0.25) is 0 Å². The molecule has 0 aliphatic rings. The fourth-order valence-electron chi connectivity index (χ4n) is 1.57. The zero-order valence-electron chi connectivity index (χ0n) is 8.28. The molecule has 5 heteroatoms. The van der Waals surface area contributed by atoms with Gasteiger partial charge >= 0.3 is 0 Å². The van der Waals surface area contributed by atoms with E-state index in [-0.39, 0.29) is 5.75 Å². The first-order chi connectivity index (χ1) is 7.83. The Kier molecular flexibility index (Phi) is 1.83. The summed E-state index contributed by atoms with van der Waals surface area (Å²) in [6.07, 6.45) is 1.80. The van der Waals surface area contributed by atoms with Crippen LogP contribution in [0.2, 0.25) is 0 Å². The molecule has 0 bridgehead atoms. The molecule has 0 radical (unpaired) electrons. The number of aromatic hydroxyl groups is 1. The molecule has 0 saturated carbocycles. The number of nitrogens with zero attached hydrogens (tertiary/aromatic N) is 4. The molecule has 0 atom stereocenters. The summed E-state index contributed by atoms with van der Waals surface area (Å²) in [6.45, 7) is 0. The highest BCUT2D eigenvalue weighted by molar-refractivity contribution is 5.67. The van der Waals surface area contributed by atoms with Gasteiger partial charge in [0.05, 0.1) is 0 Å². The summed E-state index contributed by atoms with van der Waals surface area (Å²) in [5.74, 6) is 0.258. The summed E-state index contributed by atoms with van der Waals surface area (Å²) in [4.78, 5) is 0. The zero-order valence-corrected chi connectivity index (χ0v) is 8.28. The molecule has 0 aliphatic carbocycles. The van der Waals surface area contributed by atoms with E-state index in [1.165, 1.54) is 0 Å². The molecular weight excluding hydrogens is 204 g/mol. The van der Waals surface area contributed by atoms with E-state index in [1.807, 2.05) is 24.3 Å². The minimum Gasteiger partial charge on any atom is -0.508 e. The van der Waals surface area contributed by atoms with Gasteiger partial charge in [-0.05, 0) is 45.8 Å². The molecule has 3 aromatic rings. The van der Waals surface area contributed by atoms with Crippen LogP contribution in [0.15, 0.2) is 42.6 Å². The average molecular weight is 212 g/mol. The van der Waals surface area contributed by atoms with Gasteiger partial charge in [-0.1, -0.05) is 12.1 Å². The number of aromatic nitrogens is 4. The van der Waals surface area contributed by atoms with Crippen LogP contribution < -0.4 is 0 Å². The van der Waals surface area contributed by atoms with Gasteiger partial charge < -0.3 is 5.11 Å². The van der Waals surface area contributed by atoms with Crippen LogP contribution in [-0.4, -0.2) is 25.1 Å². The van der Waals surface area contributed by atoms with Crippen molar-refractivity contribution in [1.82, 2.24) is 20.0 Å². The molecule has 0 aliphatic heterocycles. The van der Waals surface area contributed by atoms with Crippen molar-refractivity contribution in [3.63, 3.8) is 0 Å². The molecule has 78 valence electrons. The first-order valence-corrected chi connectivity index (χ1v) is 4.80. The Hall–Kier alpha value is -2.43. The summed E-state index contributed by atoms with van der Waals surface area (Å²) >= 11 is 0. The highest BCUT2D eigenvalue weighted by atomic mass is 16.3. The van der Waals surface area contributed by atoms with Crippen molar-refractivity contribution < 1.29 is 5.11 Å². The minimum absolute atomic E-state index is 0.258. The largest absolute Gasteiger partial charge is 0.508 e. The second-order valence-electron chi connectivity index (χ2n) is 3.44. The van der Waals surface area contributed by atoms with Gasteiger partial charge in [0.15, 0.2) is 5.65 Å². The molecule has 5 nitrogen and oxygen atoms in total. The van der Waals surface area contributed by atoms with Gasteiger partial charge in [-0.2, -0.15) is 0 Å². The van der Waals surface area contributed by atoms with Crippen molar-refractivity contribution in [1.29, 1.82) is 0 Å². The van der Waals surface area contributed by atoms with Crippen LogP contribution in [0, 0.1) is 0 Å². The van der Waals surface area contributed by atoms with Gasteiger partial charge in [-0.25, -0.2) is 4.52 Å². The van der Waals surface area contributed by atoms with E-state index >= 15 is 0 Å². The number of pyridine rings is 1. The maximum absolute atomic E-state index is 9.21. The van der Waals surface area contributed by atoms with Crippen LogP contribution in [0.3, 0.4) is 0 Å². The van der Waals surface area contributed by atoms with E-state index < -0.39 is 0 Å². The second-order valence-corrected chi connectivity index (χ2v) is 3.44. The van der Waals surface area contributed by atoms with E-state index in [1.54, 1.807) is 22.8 Å². The quantitative estimate of drug-likeness (QED) is 0.663. The molecule has 3 rings (SSSR count). The Morgan fingerprint density at radius 3 is 2.62 bits per heavy atom. The maximum Gasteiger partial charge on any atom is 0.179 e. The number of hydrogen-bond acceptors (Lipinski definition) is 4. The molecule has 0 spiro atoms. The molecule has 2 aromatic heterocycles. The van der Waals surface area contributed by atoms with Crippen LogP contribution in [0.5, 0.6) is 5.75 Å². The first kappa shape index (κ1) is 8.84. The van der Waals surface area contributed by atoms with Crippen molar-refractivity contribution >= 4 is 5.65 Å². The summed E-state index contributed by atoms with van der Waals surface area (Å²) in [6, 6.07) is 10.8. The third-order valence-electron chi connectivity index (χ3n) is 2.40. The fraction of sp³-hybridized carbons (Fsp3) is 0. The topological polar surface area (TPSA) is 63.3 Å². The standard InChI is InChI=1S/C11H8N4O/c16-10-3-1-8(2-4-10)9-5-6-15-11(7-9)12-13-14-15/h1-7,16H. The number of phenols is 1. The van der Waals surface area contributed by atoms with Crippen molar-refractivity contribution in [2.45, 2.75) is 0 Å². The third kappa shape index (κ3) is 1.38. The Morgan fingerprint density at radius 2 is 1.81 bits per heavy atom. The van der Waals surface area contributed by atoms with Crippen LogP contribution in [-0.2, 0) is 0 Å². The highest BCUT2D eigenvalue weighted by Crippen LogP contribution is 2.22. The van der Waals surface area contributed by atoms with Gasteiger partial charge in [0.25, 0.3) is 0 Å². The molecule has 0 fully saturated rings. The maximum atomic E-state index is 9.21. The molecule has 16 heavy (non-hydrogen) atoms. The average Bonchev–Trinajstić information content (AvgIpc) is 2.77. The summed E-state index contributed by atoms with van der Waals surface area (Å²) in [5.41, 5.74) is 2.73. The van der Waals surface area contributed by atoms with Crippen LogP contribution in [0.1, 0.15) is 0 Å². The van der Waals surface area contributed by atoms with E-state index in [2.05, 4.69) is 15.5 Å². The number of tetrazole rings is 1. The normalized spacial score (nSPS) is 10.8. The first-order valence-electron chi connectivity index (χ1n) is 4.80. The van der Waals surface area contributed by atoms with E-state index in [9.17, 15) is 5.11 Å². The van der Waals surface area contributed by atoms with Gasteiger partial charge in [0, 0.05) is 6.20 Å². The smallest absolute Gasteiger partial charge is 0.179 e. The molecule has 2 heterocycles. The number of phenolic OH excluding ortho intramolecular Hbond substituents is 1. The van der Waals surface area contributed by atoms with Gasteiger partial charge in [0.1, 0.15) is 5.75 Å². The lowest BCUT2D eigenvalue weighted by Gasteiger charge is -2.01. The molecule has 1 aromatic carbocycles. The molecule has 0 saturated heterocycles.